The summed E-state index contributed by atoms with van der Waals surface area (Å²) >= 11 is 0. The van der Waals surface area contributed by atoms with E-state index in [0.717, 1.165) is 17.2 Å². The lowest BCUT2D eigenvalue weighted by molar-refractivity contribution is -0.189. The summed E-state index contributed by atoms with van der Waals surface area (Å²) in [6.45, 7) is 3.67. The molecule has 0 bridgehead atoms. The number of hydrogen-bond donors (Lipinski definition) is 0. The molecule has 4 aromatic rings. The van der Waals surface area contributed by atoms with Crippen molar-refractivity contribution < 1.29 is 36.9 Å². The second-order valence-electron chi connectivity index (χ2n) is 9.44. The van der Waals surface area contributed by atoms with Crippen LogP contribution in [0.2, 0.25) is 0 Å². The summed E-state index contributed by atoms with van der Waals surface area (Å²) in [5.74, 6) is 0.221. The van der Waals surface area contributed by atoms with E-state index in [2.05, 4.69) is 10.1 Å². The van der Waals surface area contributed by atoms with Gasteiger partial charge in [-0.3, -0.25) is 4.57 Å². The van der Waals surface area contributed by atoms with Crippen LogP contribution in [0.4, 0.5) is 13.2 Å². The minimum Gasteiger partial charge on any atom is -0.480 e. The highest BCUT2D eigenvalue weighted by Crippen LogP contribution is 2.37. The number of rotatable bonds is 14. The van der Waals surface area contributed by atoms with Crippen molar-refractivity contribution in [2.24, 2.45) is 0 Å². The summed E-state index contributed by atoms with van der Waals surface area (Å²) < 4.78 is 70.9. The number of aromatic nitrogens is 4. The number of nitrogens with zero attached hydrogens (tertiary/aromatic N) is 4. The van der Waals surface area contributed by atoms with Gasteiger partial charge in [-0.1, -0.05) is 30.3 Å². The number of hydrogen-bond acceptors (Lipinski definition) is 8. The summed E-state index contributed by atoms with van der Waals surface area (Å²) in [5.41, 5.74) is 0.689. The van der Waals surface area contributed by atoms with Crippen LogP contribution in [0.5, 0.6) is 11.6 Å². The molecule has 0 saturated carbocycles. The standard InChI is InChI=1S/C29H33F3N4O6/c1-5-35-25(18-40-15-20-9-7-6-8-10-20)34-36(28(35)37)22-13-21-11-12-33-27(42-23(16-38-3)17-39-4)26(21)24(14-22)41-19(2)29(30,31)32/h6-14,19,23H,5,15-18H2,1-4H3/t19-/m0/s1. The van der Waals surface area contributed by atoms with E-state index in [9.17, 15) is 18.0 Å². The van der Waals surface area contributed by atoms with Crippen molar-refractivity contribution in [2.75, 3.05) is 27.4 Å². The number of benzene rings is 2. The molecule has 10 nitrogen and oxygen atoms in total. The first-order valence-corrected chi connectivity index (χ1v) is 13.3. The number of fused-ring (bicyclic) bond motifs is 1. The van der Waals surface area contributed by atoms with E-state index >= 15 is 0 Å². The Hall–Kier alpha value is -3.94. The minimum atomic E-state index is -4.65. The van der Waals surface area contributed by atoms with Crippen LogP contribution < -0.4 is 15.2 Å². The lowest BCUT2D eigenvalue weighted by Gasteiger charge is -2.22. The predicted octanol–water partition coefficient (Wildman–Crippen LogP) is 4.69. The fraction of sp³-hybridized carbons (Fsp3) is 0.414. The fourth-order valence-electron chi connectivity index (χ4n) is 4.30. The van der Waals surface area contributed by atoms with Crippen LogP contribution in [0.1, 0.15) is 25.2 Å². The summed E-state index contributed by atoms with van der Waals surface area (Å²) in [6.07, 6.45) is -5.95. The first-order valence-electron chi connectivity index (χ1n) is 13.3. The van der Waals surface area contributed by atoms with Crippen molar-refractivity contribution in [1.82, 2.24) is 19.3 Å². The Balaban J connectivity index is 1.76. The Kier molecular flexibility index (Phi) is 10.2. The maximum absolute atomic E-state index is 13.6. The van der Waals surface area contributed by atoms with Gasteiger partial charge in [-0.25, -0.2) is 9.78 Å². The summed E-state index contributed by atoms with van der Waals surface area (Å²) in [6, 6.07) is 14.1. The maximum atomic E-state index is 13.6. The van der Waals surface area contributed by atoms with E-state index in [4.69, 9.17) is 23.7 Å². The molecule has 2 aromatic carbocycles. The number of alkyl halides is 3. The van der Waals surface area contributed by atoms with Crippen LogP contribution in [0.25, 0.3) is 16.5 Å². The van der Waals surface area contributed by atoms with Gasteiger partial charge in [0, 0.05) is 33.0 Å². The second kappa shape index (κ2) is 13.8. The zero-order chi connectivity index (χ0) is 30.3. The quantitative estimate of drug-likeness (QED) is 0.209. The van der Waals surface area contributed by atoms with Crippen LogP contribution in [-0.4, -0.2) is 65.1 Å². The molecule has 2 heterocycles. The van der Waals surface area contributed by atoms with E-state index in [1.807, 2.05) is 30.3 Å². The van der Waals surface area contributed by atoms with Crippen LogP contribution >= 0.6 is 0 Å². The van der Waals surface area contributed by atoms with Gasteiger partial charge in [0.2, 0.25) is 5.88 Å². The molecule has 0 aliphatic carbocycles. The Bertz CT molecular complexity index is 1520. The van der Waals surface area contributed by atoms with Gasteiger partial charge < -0.3 is 23.7 Å². The molecule has 0 fully saturated rings. The zero-order valence-electron chi connectivity index (χ0n) is 23.8. The number of halogens is 3. The third kappa shape index (κ3) is 7.27. The lowest BCUT2D eigenvalue weighted by atomic mass is 10.1. The minimum absolute atomic E-state index is 0.0314. The fourth-order valence-corrected chi connectivity index (χ4v) is 4.30. The number of ether oxygens (including phenoxy) is 5. The normalized spacial score (nSPS) is 12.7. The second-order valence-corrected chi connectivity index (χ2v) is 9.44. The molecule has 0 saturated heterocycles. The Morgan fingerprint density at radius 2 is 1.69 bits per heavy atom. The molecule has 42 heavy (non-hydrogen) atoms. The first-order chi connectivity index (χ1) is 20.2. The van der Waals surface area contributed by atoms with Crippen LogP contribution in [0.3, 0.4) is 0 Å². The van der Waals surface area contributed by atoms with Crippen LogP contribution in [-0.2, 0) is 34.0 Å². The van der Waals surface area contributed by atoms with Gasteiger partial charge >= 0.3 is 11.9 Å². The smallest absolute Gasteiger partial charge is 0.425 e. The Morgan fingerprint density at radius 3 is 2.33 bits per heavy atom. The molecule has 226 valence electrons. The Morgan fingerprint density at radius 1 is 0.976 bits per heavy atom. The van der Waals surface area contributed by atoms with Crippen molar-refractivity contribution in [3.8, 4) is 17.3 Å². The largest absolute Gasteiger partial charge is 0.480 e. The summed E-state index contributed by atoms with van der Waals surface area (Å²) in [7, 11) is 2.98. The molecular formula is C29H33F3N4O6. The molecule has 0 N–H and O–H groups in total. The van der Waals surface area contributed by atoms with Crippen LogP contribution in [0, 0.1) is 0 Å². The van der Waals surface area contributed by atoms with Gasteiger partial charge in [-0.15, -0.1) is 5.10 Å². The molecule has 0 spiro atoms. The Labute approximate surface area is 240 Å². The van der Waals surface area contributed by atoms with Crippen molar-refractivity contribution >= 4 is 10.8 Å². The highest BCUT2D eigenvalue weighted by Gasteiger charge is 2.38. The van der Waals surface area contributed by atoms with E-state index < -0.39 is 24.1 Å². The number of pyridine rings is 1. The topological polar surface area (TPSA) is 98.9 Å². The third-order valence-electron chi connectivity index (χ3n) is 6.37. The zero-order valence-corrected chi connectivity index (χ0v) is 23.8. The lowest BCUT2D eigenvalue weighted by Crippen LogP contribution is -2.31. The molecular weight excluding hydrogens is 557 g/mol. The van der Waals surface area contributed by atoms with E-state index in [1.165, 1.54) is 31.0 Å². The molecule has 2 aromatic heterocycles. The molecule has 13 heteroatoms. The monoisotopic (exact) mass is 590 g/mol. The van der Waals surface area contributed by atoms with Crippen molar-refractivity contribution in [3.63, 3.8) is 0 Å². The molecule has 0 aliphatic rings. The molecule has 1 atom stereocenters. The molecule has 0 unspecified atom stereocenters. The van der Waals surface area contributed by atoms with E-state index in [0.29, 0.717) is 24.4 Å². The summed E-state index contributed by atoms with van der Waals surface area (Å²) in [5, 5.41) is 5.09. The molecule has 0 amide bonds. The highest BCUT2D eigenvalue weighted by molar-refractivity contribution is 5.94. The van der Waals surface area contributed by atoms with Gasteiger partial charge in [0.05, 0.1) is 30.9 Å². The van der Waals surface area contributed by atoms with Gasteiger partial charge in [-0.05, 0) is 36.9 Å². The molecule has 0 radical (unpaired) electrons. The average Bonchev–Trinajstić information content (AvgIpc) is 3.28. The highest BCUT2D eigenvalue weighted by atomic mass is 19.4. The summed E-state index contributed by atoms with van der Waals surface area (Å²) in [4.78, 5) is 17.6. The van der Waals surface area contributed by atoms with Crippen LogP contribution in [0.15, 0.2) is 59.5 Å². The SMILES string of the molecule is CCn1c(COCc2ccccc2)nn(-c2cc(O[C@@H](C)C(F)(F)F)c3c(OC(COC)COC)nccc3c2)c1=O. The van der Waals surface area contributed by atoms with Gasteiger partial charge in [-0.2, -0.15) is 17.9 Å². The van der Waals surface area contributed by atoms with Gasteiger partial charge in [0.25, 0.3) is 0 Å². The van der Waals surface area contributed by atoms with Crippen molar-refractivity contribution in [3.05, 3.63) is 76.6 Å². The number of methoxy groups -OCH3 is 2. The average molecular weight is 591 g/mol. The first kappa shape index (κ1) is 31.0. The van der Waals surface area contributed by atoms with Crippen molar-refractivity contribution in [1.29, 1.82) is 0 Å². The van der Waals surface area contributed by atoms with E-state index in [1.54, 1.807) is 19.1 Å². The van der Waals surface area contributed by atoms with E-state index in [-0.39, 0.29) is 42.5 Å². The third-order valence-corrected chi connectivity index (χ3v) is 6.37. The van der Waals surface area contributed by atoms with Gasteiger partial charge in [0.15, 0.2) is 11.9 Å². The predicted molar refractivity (Wildman–Crippen MR) is 148 cm³/mol. The maximum Gasteiger partial charge on any atom is 0.425 e. The molecule has 4 rings (SSSR count). The van der Waals surface area contributed by atoms with Crippen molar-refractivity contribution in [2.45, 2.75) is 52.0 Å². The van der Waals surface area contributed by atoms with Gasteiger partial charge in [0.1, 0.15) is 18.5 Å². The molecule has 0 aliphatic heterocycles.